The number of allylic oxidation sites excluding steroid dienone is 1. The molecule has 0 rings (SSSR count). The lowest BCUT2D eigenvalue weighted by Gasteiger charge is -2.13. The van der Waals surface area contributed by atoms with E-state index >= 15 is 0 Å². The fourth-order valence-corrected chi connectivity index (χ4v) is 2.35. The fraction of sp³-hybridized carbons (Fsp3) is 0.846. The predicted molar refractivity (Wildman–Crippen MR) is 70.7 cm³/mol. The van der Waals surface area contributed by atoms with Gasteiger partial charge in [-0.2, -0.15) is 0 Å². The van der Waals surface area contributed by atoms with Crippen molar-refractivity contribution in [3.63, 3.8) is 0 Å². The minimum atomic E-state index is -0.0260. The lowest BCUT2D eigenvalue weighted by atomic mass is 10.2. The summed E-state index contributed by atoms with van der Waals surface area (Å²) in [5.74, 6) is -0.0260. The van der Waals surface area contributed by atoms with Crippen LogP contribution in [0.2, 0.25) is 0 Å². The molecule has 0 aliphatic carbocycles. The molecule has 0 saturated heterocycles. The quantitative estimate of drug-likeness (QED) is 0.313. The molecule has 0 saturated carbocycles. The fourth-order valence-electron chi connectivity index (χ4n) is 1.37. The first-order valence-electron chi connectivity index (χ1n) is 6.49. The van der Waals surface area contributed by atoms with Crippen LogP contribution >= 0.6 is 0 Å². The second kappa shape index (κ2) is 12.9. The van der Waals surface area contributed by atoms with E-state index in [0.29, 0.717) is 9.52 Å². The van der Waals surface area contributed by atoms with Crippen molar-refractivity contribution in [2.75, 3.05) is 13.2 Å². The number of unbranched alkanes of at least 4 members (excludes halogenated alkanes) is 4. The van der Waals surface area contributed by atoms with Gasteiger partial charge in [0, 0.05) is 13.2 Å². The summed E-state index contributed by atoms with van der Waals surface area (Å²) in [5, 5.41) is 0. The molecular weight excluding hydrogens is 216 g/mol. The molecule has 0 bridgehead atoms. The van der Waals surface area contributed by atoms with Crippen molar-refractivity contribution in [2.24, 2.45) is 0 Å². The van der Waals surface area contributed by atoms with Gasteiger partial charge in [0.05, 0.1) is 0 Å². The van der Waals surface area contributed by atoms with E-state index in [1.807, 2.05) is 13.8 Å². The zero-order valence-corrected chi connectivity index (χ0v) is 12.0. The van der Waals surface area contributed by atoms with E-state index in [2.05, 4.69) is 18.7 Å². The molecule has 3 heteroatoms. The van der Waals surface area contributed by atoms with Crippen molar-refractivity contribution in [1.82, 2.24) is 0 Å². The highest BCUT2D eigenvalue weighted by Crippen LogP contribution is 2.03. The van der Waals surface area contributed by atoms with E-state index < -0.39 is 0 Å². The molecule has 0 aliphatic rings. The van der Waals surface area contributed by atoms with Crippen molar-refractivity contribution >= 4 is 9.52 Å². The molecule has 0 aromatic heterocycles. The molecule has 16 heavy (non-hydrogen) atoms. The van der Waals surface area contributed by atoms with Crippen LogP contribution in [0.5, 0.6) is 0 Å². The molecular formula is C13H26O2Si. The zero-order valence-electron chi connectivity index (χ0n) is 11.0. The van der Waals surface area contributed by atoms with Gasteiger partial charge in [0.15, 0.2) is 0 Å². The Morgan fingerprint density at radius 1 is 1.00 bits per heavy atom. The van der Waals surface area contributed by atoms with Gasteiger partial charge in [0.1, 0.15) is 15.4 Å². The number of hydrogen-bond donors (Lipinski definition) is 0. The van der Waals surface area contributed by atoms with E-state index in [-0.39, 0.29) is 5.91 Å². The normalized spacial score (nSPS) is 11.8. The van der Waals surface area contributed by atoms with Crippen LogP contribution in [0.4, 0.5) is 0 Å². The van der Waals surface area contributed by atoms with Gasteiger partial charge in [-0.15, -0.1) is 0 Å². The van der Waals surface area contributed by atoms with E-state index in [1.54, 1.807) is 0 Å². The SMILES string of the molecule is CCCCCCC=C[Si]C(OCC)OCC. The molecule has 0 N–H and O–H groups in total. The van der Waals surface area contributed by atoms with Gasteiger partial charge in [0.2, 0.25) is 0 Å². The third-order valence-electron chi connectivity index (χ3n) is 2.21. The van der Waals surface area contributed by atoms with Crippen LogP contribution in [0.15, 0.2) is 11.8 Å². The van der Waals surface area contributed by atoms with Gasteiger partial charge in [-0.1, -0.05) is 38.0 Å². The van der Waals surface area contributed by atoms with E-state index in [4.69, 9.17) is 9.47 Å². The van der Waals surface area contributed by atoms with Crippen LogP contribution in [-0.2, 0) is 9.47 Å². The topological polar surface area (TPSA) is 18.5 Å². The Labute approximate surface area is 103 Å². The van der Waals surface area contributed by atoms with Gasteiger partial charge in [-0.3, -0.25) is 0 Å². The average Bonchev–Trinajstić information content (AvgIpc) is 2.28. The molecule has 0 heterocycles. The molecule has 0 atom stereocenters. The molecule has 0 unspecified atom stereocenters. The monoisotopic (exact) mass is 242 g/mol. The second-order valence-corrected chi connectivity index (χ2v) is 4.80. The van der Waals surface area contributed by atoms with Gasteiger partial charge >= 0.3 is 0 Å². The molecule has 0 amide bonds. The maximum absolute atomic E-state index is 5.47. The lowest BCUT2D eigenvalue weighted by molar-refractivity contribution is -0.0818. The van der Waals surface area contributed by atoms with E-state index in [9.17, 15) is 0 Å². The number of rotatable bonds is 11. The molecule has 0 spiro atoms. The summed E-state index contributed by atoms with van der Waals surface area (Å²) in [4.78, 5) is 0. The van der Waals surface area contributed by atoms with Crippen molar-refractivity contribution in [3.05, 3.63) is 11.8 Å². The van der Waals surface area contributed by atoms with E-state index in [1.165, 1.54) is 32.1 Å². The predicted octanol–water partition coefficient (Wildman–Crippen LogP) is 3.53. The van der Waals surface area contributed by atoms with Crippen molar-refractivity contribution in [3.8, 4) is 0 Å². The minimum Gasteiger partial charge on any atom is -0.357 e. The van der Waals surface area contributed by atoms with Crippen molar-refractivity contribution in [2.45, 2.75) is 58.8 Å². The maximum Gasteiger partial charge on any atom is 0.147 e. The first kappa shape index (κ1) is 15.9. The third kappa shape index (κ3) is 10.4. The number of ether oxygens (including phenoxy) is 2. The Morgan fingerprint density at radius 3 is 2.25 bits per heavy atom. The Bertz CT molecular complexity index is 154. The zero-order chi connectivity index (χ0) is 12.1. The molecule has 0 fully saturated rings. The van der Waals surface area contributed by atoms with Crippen LogP contribution in [0, 0.1) is 0 Å². The highest BCUT2D eigenvalue weighted by Gasteiger charge is 2.05. The summed E-state index contributed by atoms with van der Waals surface area (Å²) >= 11 is 0. The average molecular weight is 242 g/mol. The molecule has 0 aromatic carbocycles. The molecule has 2 radical (unpaired) electrons. The van der Waals surface area contributed by atoms with Crippen LogP contribution in [0.3, 0.4) is 0 Å². The Hall–Kier alpha value is -0.123. The van der Waals surface area contributed by atoms with Crippen LogP contribution < -0.4 is 0 Å². The molecule has 94 valence electrons. The van der Waals surface area contributed by atoms with E-state index in [0.717, 1.165) is 13.2 Å². The van der Waals surface area contributed by atoms with Gasteiger partial charge in [-0.05, 0) is 26.7 Å². The van der Waals surface area contributed by atoms with Gasteiger partial charge < -0.3 is 9.47 Å². The standard InChI is InChI=1S/C13H26O2Si/c1-4-7-8-9-10-11-12-16-13(14-5-2)15-6-3/h11-13H,4-10H2,1-3H3. The van der Waals surface area contributed by atoms with Gasteiger partial charge in [-0.25, -0.2) is 0 Å². The smallest absolute Gasteiger partial charge is 0.147 e. The summed E-state index contributed by atoms with van der Waals surface area (Å²) in [6.45, 7) is 7.70. The summed E-state index contributed by atoms with van der Waals surface area (Å²) in [7, 11) is 0.624. The Balaban J connectivity index is 3.46. The van der Waals surface area contributed by atoms with Crippen LogP contribution in [-0.4, -0.2) is 28.6 Å². The van der Waals surface area contributed by atoms with Crippen LogP contribution in [0.1, 0.15) is 52.9 Å². The van der Waals surface area contributed by atoms with Crippen LogP contribution in [0.25, 0.3) is 0 Å². The first-order valence-corrected chi connectivity index (χ1v) is 7.64. The first-order chi connectivity index (χ1) is 7.85. The highest BCUT2D eigenvalue weighted by molar-refractivity contribution is 6.43. The minimum absolute atomic E-state index is 0.0260. The Kier molecular flexibility index (Phi) is 12.8. The third-order valence-corrected chi connectivity index (χ3v) is 3.24. The summed E-state index contributed by atoms with van der Waals surface area (Å²) in [6.07, 6.45) is 8.78. The summed E-state index contributed by atoms with van der Waals surface area (Å²) < 4.78 is 10.9. The molecule has 0 aliphatic heterocycles. The molecule has 0 aromatic rings. The second-order valence-electron chi connectivity index (χ2n) is 3.66. The van der Waals surface area contributed by atoms with Gasteiger partial charge in [0.25, 0.3) is 0 Å². The van der Waals surface area contributed by atoms with Crippen molar-refractivity contribution < 1.29 is 9.47 Å². The highest BCUT2D eigenvalue weighted by atomic mass is 28.2. The lowest BCUT2D eigenvalue weighted by Crippen LogP contribution is -2.23. The summed E-state index contributed by atoms with van der Waals surface area (Å²) in [6, 6.07) is 0. The Morgan fingerprint density at radius 2 is 1.69 bits per heavy atom. The summed E-state index contributed by atoms with van der Waals surface area (Å²) in [5.41, 5.74) is 2.21. The van der Waals surface area contributed by atoms with Crippen molar-refractivity contribution in [1.29, 1.82) is 0 Å². The largest absolute Gasteiger partial charge is 0.357 e. The molecule has 2 nitrogen and oxygen atoms in total. The number of hydrogen-bond acceptors (Lipinski definition) is 2. The maximum atomic E-state index is 5.47.